The lowest BCUT2D eigenvalue weighted by atomic mass is 9.81. The van der Waals surface area contributed by atoms with Crippen LogP contribution in [0.5, 0.6) is 0 Å². The van der Waals surface area contributed by atoms with Crippen LogP contribution in [-0.2, 0) is 33.3 Å². The highest BCUT2D eigenvalue weighted by Gasteiger charge is 2.65. The zero-order chi connectivity index (χ0) is 19.1. The molecule has 7 nitrogen and oxygen atoms in total. The Balaban J connectivity index is 1.95. The zero-order valence-corrected chi connectivity index (χ0v) is 15.3. The first-order valence-corrected chi connectivity index (χ1v) is 8.77. The number of allylic oxidation sites excluding steroid dienone is 1. The van der Waals surface area contributed by atoms with Crippen molar-refractivity contribution in [3.63, 3.8) is 0 Å². The monoisotopic (exact) mass is 364 g/mol. The van der Waals surface area contributed by atoms with Gasteiger partial charge in [-0.1, -0.05) is 18.2 Å². The van der Waals surface area contributed by atoms with Crippen molar-refractivity contribution in [1.29, 1.82) is 0 Å². The number of hydrogen-bond acceptors (Lipinski definition) is 7. The highest BCUT2D eigenvalue weighted by atomic mass is 16.7. The largest absolute Gasteiger partial charge is 0.463 e. The second-order valence-corrected chi connectivity index (χ2v) is 7.25. The molecule has 0 amide bonds. The van der Waals surface area contributed by atoms with Crippen LogP contribution in [0.25, 0.3) is 0 Å². The van der Waals surface area contributed by atoms with E-state index in [9.17, 15) is 14.4 Å². The Labute approximate surface area is 152 Å². The molecule has 0 aromatic rings. The van der Waals surface area contributed by atoms with Gasteiger partial charge in [0.15, 0.2) is 0 Å². The molecule has 1 unspecified atom stereocenters. The Morgan fingerprint density at radius 2 is 2.08 bits per heavy atom. The summed E-state index contributed by atoms with van der Waals surface area (Å²) in [6.45, 7) is 8.55. The van der Waals surface area contributed by atoms with E-state index in [1.54, 1.807) is 0 Å². The fourth-order valence-electron chi connectivity index (χ4n) is 3.90. The van der Waals surface area contributed by atoms with E-state index in [0.717, 1.165) is 12.0 Å². The average Bonchev–Trinajstić information content (AvgIpc) is 3.18. The molecule has 142 valence electrons. The molecule has 0 aromatic carbocycles. The third-order valence-corrected chi connectivity index (χ3v) is 5.20. The minimum Gasteiger partial charge on any atom is -0.463 e. The SMILES string of the molecule is C=C1C(=O)O[C@H]2C/C(C)=C/CC[C@]3(COC(C)=O)O[C@H]3C(OC(C)=O)[C@H]12. The highest BCUT2D eigenvalue weighted by Crippen LogP contribution is 2.50. The summed E-state index contributed by atoms with van der Waals surface area (Å²) in [5, 5.41) is 0. The van der Waals surface area contributed by atoms with E-state index >= 15 is 0 Å². The van der Waals surface area contributed by atoms with Gasteiger partial charge in [0, 0.05) is 25.8 Å². The molecule has 0 bridgehead atoms. The maximum atomic E-state index is 12.1. The van der Waals surface area contributed by atoms with Gasteiger partial charge in [-0.2, -0.15) is 0 Å². The Kier molecular flexibility index (Phi) is 4.92. The van der Waals surface area contributed by atoms with Gasteiger partial charge in [0.2, 0.25) is 0 Å². The molecule has 2 saturated heterocycles. The van der Waals surface area contributed by atoms with Gasteiger partial charge in [0.05, 0.1) is 5.92 Å². The maximum Gasteiger partial charge on any atom is 0.334 e. The third-order valence-electron chi connectivity index (χ3n) is 5.20. The molecular weight excluding hydrogens is 340 g/mol. The zero-order valence-electron chi connectivity index (χ0n) is 15.3. The van der Waals surface area contributed by atoms with E-state index in [1.807, 2.05) is 6.92 Å². The van der Waals surface area contributed by atoms with Gasteiger partial charge < -0.3 is 18.9 Å². The molecule has 2 heterocycles. The highest BCUT2D eigenvalue weighted by molar-refractivity contribution is 5.91. The fraction of sp³-hybridized carbons (Fsp3) is 0.632. The van der Waals surface area contributed by atoms with Crippen LogP contribution >= 0.6 is 0 Å². The summed E-state index contributed by atoms with van der Waals surface area (Å²) in [5.41, 5.74) is 0.633. The topological polar surface area (TPSA) is 91.4 Å². The molecule has 0 saturated carbocycles. The Hall–Kier alpha value is -2.15. The Morgan fingerprint density at radius 1 is 1.35 bits per heavy atom. The van der Waals surface area contributed by atoms with Crippen molar-refractivity contribution in [2.45, 2.75) is 63.9 Å². The molecule has 26 heavy (non-hydrogen) atoms. The van der Waals surface area contributed by atoms with Crippen molar-refractivity contribution in [3.8, 4) is 0 Å². The average molecular weight is 364 g/mol. The summed E-state index contributed by atoms with van der Waals surface area (Å²) in [6.07, 6.45) is 2.34. The standard InChI is InChI=1S/C19H24O7/c1-10-6-5-7-19(9-23-12(3)20)17(26-19)16(24-13(4)21)15-11(2)18(22)25-14(15)8-10/h6,14-17H,2,5,7-9H2,1,3-4H3/b10-6+/t14-,15+,16?,17-,19+/m0/s1. The van der Waals surface area contributed by atoms with Crippen molar-refractivity contribution < 1.29 is 33.3 Å². The van der Waals surface area contributed by atoms with Crippen molar-refractivity contribution in [2.75, 3.05) is 6.61 Å². The molecule has 7 heteroatoms. The molecule has 2 aliphatic heterocycles. The van der Waals surface area contributed by atoms with E-state index in [2.05, 4.69) is 12.7 Å². The van der Waals surface area contributed by atoms with E-state index < -0.39 is 47.7 Å². The molecular formula is C19H24O7. The van der Waals surface area contributed by atoms with Gasteiger partial charge in [0.25, 0.3) is 0 Å². The number of carbonyl (C=O) groups excluding carboxylic acids is 3. The third kappa shape index (κ3) is 3.53. The Bertz CT molecular complexity index is 679. The molecule has 1 aliphatic carbocycles. The first kappa shape index (κ1) is 18.6. The van der Waals surface area contributed by atoms with E-state index in [-0.39, 0.29) is 12.2 Å². The number of hydrogen-bond donors (Lipinski definition) is 0. The number of esters is 3. The molecule has 5 atom stereocenters. The summed E-state index contributed by atoms with van der Waals surface area (Å²) in [6, 6.07) is 0. The smallest absolute Gasteiger partial charge is 0.334 e. The van der Waals surface area contributed by atoms with Gasteiger partial charge in [-0.05, 0) is 19.8 Å². The normalized spacial score (nSPS) is 38.2. The lowest BCUT2D eigenvalue weighted by molar-refractivity contribution is -0.151. The first-order valence-electron chi connectivity index (χ1n) is 8.77. The van der Waals surface area contributed by atoms with E-state index in [0.29, 0.717) is 12.8 Å². The van der Waals surface area contributed by atoms with Crippen LogP contribution in [0.4, 0.5) is 0 Å². The number of ether oxygens (including phenoxy) is 4. The molecule has 0 spiro atoms. The number of epoxide rings is 1. The summed E-state index contributed by atoms with van der Waals surface area (Å²) >= 11 is 0. The van der Waals surface area contributed by atoms with Crippen LogP contribution in [0.15, 0.2) is 23.8 Å². The lowest BCUT2D eigenvalue weighted by Gasteiger charge is -2.28. The van der Waals surface area contributed by atoms with Gasteiger partial charge >= 0.3 is 17.9 Å². The van der Waals surface area contributed by atoms with Crippen molar-refractivity contribution in [3.05, 3.63) is 23.8 Å². The van der Waals surface area contributed by atoms with Crippen LogP contribution < -0.4 is 0 Å². The van der Waals surface area contributed by atoms with Crippen LogP contribution in [-0.4, -0.2) is 48.4 Å². The van der Waals surface area contributed by atoms with Crippen molar-refractivity contribution in [2.24, 2.45) is 5.92 Å². The summed E-state index contributed by atoms with van der Waals surface area (Å²) in [5.74, 6) is -1.84. The van der Waals surface area contributed by atoms with Crippen LogP contribution in [0.1, 0.15) is 40.0 Å². The number of rotatable bonds is 3. The molecule has 0 N–H and O–H groups in total. The van der Waals surface area contributed by atoms with E-state index in [4.69, 9.17) is 18.9 Å². The number of carbonyl (C=O) groups is 3. The summed E-state index contributed by atoms with van der Waals surface area (Å²) in [4.78, 5) is 35.1. The van der Waals surface area contributed by atoms with Gasteiger partial charge in [0.1, 0.15) is 30.5 Å². The molecule has 0 aromatic heterocycles. The first-order chi connectivity index (χ1) is 12.2. The second kappa shape index (κ2) is 6.87. The van der Waals surface area contributed by atoms with Gasteiger partial charge in [-0.25, -0.2) is 4.79 Å². The fourth-order valence-corrected chi connectivity index (χ4v) is 3.90. The van der Waals surface area contributed by atoms with Gasteiger partial charge in [-0.3, -0.25) is 9.59 Å². The lowest BCUT2D eigenvalue weighted by Crippen LogP contribution is -2.41. The minimum atomic E-state index is -0.726. The second-order valence-electron chi connectivity index (χ2n) is 7.25. The van der Waals surface area contributed by atoms with Gasteiger partial charge in [-0.15, -0.1) is 0 Å². The quantitative estimate of drug-likeness (QED) is 0.248. The number of fused-ring (bicyclic) bond motifs is 2. The predicted molar refractivity (Wildman–Crippen MR) is 89.9 cm³/mol. The minimum absolute atomic E-state index is 0.0797. The molecule has 0 radical (unpaired) electrons. The van der Waals surface area contributed by atoms with Crippen LogP contribution in [0.3, 0.4) is 0 Å². The maximum absolute atomic E-state index is 12.1. The summed E-state index contributed by atoms with van der Waals surface area (Å²) in [7, 11) is 0. The molecule has 3 aliphatic rings. The van der Waals surface area contributed by atoms with E-state index in [1.165, 1.54) is 13.8 Å². The van der Waals surface area contributed by atoms with Crippen LogP contribution in [0.2, 0.25) is 0 Å². The molecule has 3 rings (SSSR count). The molecule has 2 fully saturated rings. The van der Waals surface area contributed by atoms with Crippen molar-refractivity contribution in [1.82, 2.24) is 0 Å². The summed E-state index contributed by atoms with van der Waals surface area (Å²) < 4.78 is 22.2. The predicted octanol–water partition coefficient (Wildman–Crippen LogP) is 1.85. The Morgan fingerprint density at radius 3 is 2.73 bits per heavy atom. The van der Waals surface area contributed by atoms with Crippen LogP contribution in [0, 0.1) is 5.92 Å². The van der Waals surface area contributed by atoms with Crippen molar-refractivity contribution >= 4 is 17.9 Å².